The van der Waals surface area contributed by atoms with Crippen LogP contribution in [0, 0.1) is 51.8 Å². The Balaban J connectivity index is 1.42. The van der Waals surface area contributed by atoms with Crippen LogP contribution in [-0.4, -0.2) is 21.6 Å². The summed E-state index contributed by atoms with van der Waals surface area (Å²) in [6, 6.07) is 0. The van der Waals surface area contributed by atoms with Gasteiger partial charge in [0, 0.05) is 5.16 Å². The summed E-state index contributed by atoms with van der Waals surface area (Å²) in [4.78, 5) is 0. The largest absolute Gasteiger partial charge is 0.129 e. The lowest BCUT2D eigenvalue weighted by atomic mass is 9.33. The van der Waals surface area contributed by atoms with Crippen molar-refractivity contribution in [2.24, 2.45) is 51.8 Å². The monoisotopic (exact) mass is 556 g/mol. The second-order valence-electron chi connectivity index (χ2n) is 19.0. The van der Waals surface area contributed by atoms with Crippen molar-refractivity contribution in [1.29, 1.82) is 0 Å². The van der Waals surface area contributed by atoms with Crippen LogP contribution in [0.2, 0.25) is 0 Å². The highest BCUT2D eigenvalue weighted by molar-refractivity contribution is 7.60. The minimum atomic E-state index is -0.0745. The Morgan fingerprint density at radius 2 is 0.868 bits per heavy atom. The van der Waals surface area contributed by atoms with Crippen molar-refractivity contribution in [3.8, 4) is 0 Å². The molecule has 9 rings (SSSR count). The van der Waals surface area contributed by atoms with Crippen molar-refractivity contribution in [3.63, 3.8) is 0 Å². The Kier molecular flexibility index (Phi) is 6.51. The molecule has 0 heterocycles. The lowest BCUT2D eigenvalue weighted by molar-refractivity contribution is -0.191. The molecule has 9 aliphatic rings. The molecule has 2 heteroatoms. The molecule has 0 aromatic rings. The van der Waals surface area contributed by atoms with Crippen LogP contribution in [0.5, 0.6) is 0 Å². The first-order chi connectivity index (χ1) is 17.8. The minimum absolute atomic E-state index is 0.0745. The second kappa shape index (κ2) is 8.94. The van der Waals surface area contributed by atoms with Crippen molar-refractivity contribution in [2.75, 3.05) is 6.16 Å². The van der Waals surface area contributed by atoms with E-state index in [1.165, 1.54) is 19.3 Å². The van der Waals surface area contributed by atoms with Crippen molar-refractivity contribution in [2.45, 2.75) is 166 Å². The van der Waals surface area contributed by atoms with Gasteiger partial charge in [-0.3, -0.25) is 0 Å². The first-order valence-electron chi connectivity index (χ1n) is 17.3. The van der Waals surface area contributed by atoms with E-state index in [0.717, 1.165) is 35.5 Å². The van der Waals surface area contributed by atoms with Crippen LogP contribution in [0.25, 0.3) is 0 Å². The maximum atomic E-state index is 4.05. The van der Waals surface area contributed by atoms with E-state index >= 15 is 0 Å². The van der Waals surface area contributed by atoms with Gasteiger partial charge in [-0.2, -0.15) is 0 Å². The summed E-state index contributed by atoms with van der Waals surface area (Å²) in [5, 5.41) is 1.36. The predicted octanol–water partition coefficient (Wildman–Crippen LogP) is 11.1. The van der Waals surface area contributed by atoms with E-state index in [2.05, 4.69) is 50.8 Å². The van der Waals surface area contributed by atoms with Crippen LogP contribution in [-0.2, 0) is 0 Å². The topological polar surface area (TPSA) is 0 Å². The van der Waals surface area contributed by atoms with E-state index in [4.69, 9.17) is 0 Å². The molecule has 216 valence electrons. The van der Waals surface area contributed by atoms with Crippen molar-refractivity contribution >= 4 is 17.2 Å². The zero-order chi connectivity index (χ0) is 26.8. The van der Waals surface area contributed by atoms with Gasteiger partial charge in [0.2, 0.25) is 0 Å². The smallest absolute Gasteiger partial charge is 0.00222 e. The molecule has 0 saturated heterocycles. The summed E-state index contributed by atoms with van der Waals surface area (Å²) in [5.74, 6) is 6.43. The quantitative estimate of drug-likeness (QED) is 0.295. The summed E-state index contributed by atoms with van der Waals surface area (Å²) in [7, 11) is 3.98. The predicted molar refractivity (Wildman–Crippen MR) is 170 cm³/mol. The van der Waals surface area contributed by atoms with E-state index in [-0.39, 0.29) is 7.92 Å². The molecule has 1 unspecified atom stereocenters. The highest BCUT2D eigenvalue weighted by Gasteiger charge is 2.74. The Morgan fingerprint density at radius 3 is 1.16 bits per heavy atom. The zero-order valence-corrected chi connectivity index (χ0v) is 28.3. The van der Waals surface area contributed by atoms with Crippen LogP contribution in [0.1, 0.15) is 151 Å². The van der Waals surface area contributed by atoms with Gasteiger partial charge in [-0.1, -0.05) is 68.7 Å². The maximum absolute atomic E-state index is 4.05. The standard InChI is InChI=1S/C36H62P2/c1-31(2,3)38(32(4,5)6)24-33(10-8-7-9-11-33)36(37,34-18-25-12-26(19-34)14-27(13-25)20-34)35-21-28-15-29(22-35)17-30(16-28)23-35/h25-30H,7-24,37H2,1-6H3. The molecular weight excluding hydrogens is 494 g/mol. The second-order valence-corrected chi connectivity index (χ2v) is 23.7. The van der Waals surface area contributed by atoms with Gasteiger partial charge < -0.3 is 0 Å². The molecular formula is C36H62P2. The summed E-state index contributed by atoms with van der Waals surface area (Å²) in [5.41, 5.74) is 1.82. The average Bonchev–Trinajstić information content (AvgIpc) is 2.79. The normalized spacial score (nSPS) is 47.1. The fraction of sp³-hybridized carbons (Fsp3) is 1.00. The Hall–Kier alpha value is 0.860. The highest BCUT2D eigenvalue weighted by atomic mass is 31.1. The Labute approximate surface area is 240 Å². The molecule has 9 saturated carbocycles. The summed E-state index contributed by atoms with van der Waals surface area (Å²) >= 11 is 0. The van der Waals surface area contributed by atoms with Gasteiger partial charge in [0.1, 0.15) is 0 Å². The van der Waals surface area contributed by atoms with Gasteiger partial charge in [-0.15, -0.1) is 9.24 Å². The number of rotatable bonds is 5. The van der Waals surface area contributed by atoms with Crippen molar-refractivity contribution < 1.29 is 0 Å². The van der Waals surface area contributed by atoms with Gasteiger partial charge in [0.25, 0.3) is 0 Å². The molecule has 0 amide bonds. The lowest BCUT2D eigenvalue weighted by Crippen LogP contribution is -2.72. The molecule has 0 nitrogen and oxygen atoms in total. The SMILES string of the molecule is CC(C)(C)P(CC1(C(P)(C23CC4CC(CC(C4)C2)C3)C23CC4CC(CC(C4)C2)C3)CCCCC1)C(C)(C)C. The van der Waals surface area contributed by atoms with Crippen LogP contribution in [0.15, 0.2) is 0 Å². The van der Waals surface area contributed by atoms with Gasteiger partial charge in [0.05, 0.1) is 0 Å². The van der Waals surface area contributed by atoms with E-state index in [9.17, 15) is 0 Å². The first kappa shape index (κ1) is 27.7. The van der Waals surface area contributed by atoms with Gasteiger partial charge in [-0.05, 0) is 158 Å². The third-order valence-electron chi connectivity index (χ3n) is 14.5. The molecule has 0 spiro atoms. The van der Waals surface area contributed by atoms with Crippen LogP contribution >= 0.6 is 17.2 Å². The number of hydrogen-bond acceptors (Lipinski definition) is 0. The molecule has 9 aliphatic carbocycles. The molecule has 0 N–H and O–H groups in total. The highest BCUT2D eigenvalue weighted by Crippen LogP contribution is 2.81. The molecule has 9 fully saturated rings. The third kappa shape index (κ3) is 4.00. The van der Waals surface area contributed by atoms with E-state index in [1.54, 1.807) is 96.1 Å². The fourth-order valence-corrected chi connectivity index (χ4v) is 20.0. The number of hydrogen-bond donors (Lipinski definition) is 0. The molecule has 0 aliphatic heterocycles. The summed E-state index contributed by atoms with van der Waals surface area (Å²) in [6.07, 6.45) is 28.6. The van der Waals surface area contributed by atoms with Gasteiger partial charge in [-0.25, -0.2) is 0 Å². The van der Waals surface area contributed by atoms with Crippen molar-refractivity contribution in [3.05, 3.63) is 0 Å². The molecule has 8 bridgehead atoms. The molecule has 0 radical (unpaired) electrons. The first-order valence-corrected chi connectivity index (χ1v) is 19.4. The molecule has 1 atom stereocenters. The molecule has 0 aromatic carbocycles. The Bertz CT molecular complexity index is 780. The fourth-order valence-electron chi connectivity index (χ4n) is 14.6. The van der Waals surface area contributed by atoms with E-state index in [0.29, 0.717) is 31.7 Å². The minimum Gasteiger partial charge on any atom is -0.129 e. The van der Waals surface area contributed by atoms with E-state index in [1.807, 2.05) is 0 Å². The zero-order valence-electron chi connectivity index (χ0n) is 26.2. The third-order valence-corrected chi connectivity index (χ3v) is 20.5. The van der Waals surface area contributed by atoms with Crippen molar-refractivity contribution in [1.82, 2.24) is 0 Å². The Morgan fingerprint density at radius 1 is 0.553 bits per heavy atom. The molecule has 0 aromatic heterocycles. The van der Waals surface area contributed by atoms with Gasteiger partial charge >= 0.3 is 0 Å². The van der Waals surface area contributed by atoms with Crippen LogP contribution < -0.4 is 0 Å². The van der Waals surface area contributed by atoms with Gasteiger partial charge in [0.15, 0.2) is 0 Å². The van der Waals surface area contributed by atoms with Crippen LogP contribution in [0.4, 0.5) is 0 Å². The maximum Gasteiger partial charge on any atom is 0.00222 e. The average molecular weight is 557 g/mol. The molecule has 38 heavy (non-hydrogen) atoms. The lowest BCUT2D eigenvalue weighted by Gasteiger charge is -2.77. The summed E-state index contributed by atoms with van der Waals surface area (Å²) < 4.78 is 0. The van der Waals surface area contributed by atoms with E-state index < -0.39 is 0 Å². The van der Waals surface area contributed by atoms with Crippen LogP contribution in [0.3, 0.4) is 0 Å². The summed E-state index contributed by atoms with van der Waals surface area (Å²) in [6.45, 7) is 15.8.